The summed E-state index contributed by atoms with van der Waals surface area (Å²) in [6.07, 6.45) is 23.6. The molecule has 0 aromatic carbocycles. The molecule has 0 aliphatic heterocycles. The minimum absolute atomic E-state index is 0.0737. The van der Waals surface area contributed by atoms with Gasteiger partial charge in [0.25, 0.3) is 0 Å². The molecular formula is C27H56N2O3. The second kappa shape index (κ2) is 22.3. The standard InChI is InChI=1S/C27H56N2O3/c1-2-3-4-5-6-7-8-9-10-11-12-13-14-15-16-25(17-20-30)27(18-21-31,19-22-32)23-26(29)24-28/h9-10,25-26,30-32H,2-8,11-24,28-29H2,1H3/b10-9-. The quantitative estimate of drug-likeness (QED) is 0.103. The summed E-state index contributed by atoms with van der Waals surface area (Å²) in [5.41, 5.74) is 11.7. The van der Waals surface area contributed by atoms with Gasteiger partial charge in [0.1, 0.15) is 0 Å². The zero-order valence-electron chi connectivity index (χ0n) is 21.2. The van der Waals surface area contributed by atoms with Gasteiger partial charge in [0.05, 0.1) is 0 Å². The predicted molar refractivity (Wildman–Crippen MR) is 138 cm³/mol. The summed E-state index contributed by atoms with van der Waals surface area (Å²) in [4.78, 5) is 0. The van der Waals surface area contributed by atoms with Crippen LogP contribution in [0.25, 0.3) is 0 Å². The molecule has 0 saturated carbocycles. The van der Waals surface area contributed by atoms with Crippen LogP contribution in [0, 0.1) is 11.3 Å². The molecule has 0 bridgehead atoms. The average Bonchev–Trinajstić information content (AvgIpc) is 2.78. The van der Waals surface area contributed by atoms with Crippen LogP contribution < -0.4 is 11.5 Å². The van der Waals surface area contributed by atoms with Gasteiger partial charge in [0.15, 0.2) is 0 Å². The Kier molecular flexibility index (Phi) is 22.0. The molecule has 2 unspecified atom stereocenters. The summed E-state index contributed by atoms with van der Waals surface area (Å²) < 4.78 is 0. The maximum Gasteiger partial charge on any atom is 0.0436 e. The van der Waals surface area contributed by atoms with Crippen molar-refractivity contribution in [2.24, 2.45) is 22.8 Å². The normalized spacial score (nSPS) is 14.3. The van der Waals surface area contributed by atoms with Gasteiger partial charge in [-0.15, -0.1) is 0 Å². The van der Waals surface area contributed by atoms with Crippen LogP contribution in [0.5, 0.6) is 0 Å². The summed E-state index contributed by atoms with van der Waals surface area (Å²) in [7, 11) is 0. The number of hydrogen-bond donors (Lipinski definition) is 5. The third kappa shape index (κ3) is 15.4. The molecule has 0 saturated heterocycles. The largest absolute Gasteiger partial charge is 0.396 e. The number of unbranched alkanes of at least 4 members (excludes halogenated alkanes) is 10. The molecule has 0 aliphatic carbocycles. The van der Waals surface area contributed by atoms with E-state index in [0.717, 1.165) is 12.8 Å². The lowest BCUT2D eigenvalue weighted by Crippen LogP contribution is -2.42. The van der Waals surface area contributed by atoms with E-state index in [4.69, 9.17) is 11.5 Å². The molecule has 0 heterocycles. The molecule has 0 aromatic heterocycles. The molecule has 7 N–H and O–H groups in total. The summed E-state index contributed by atoms with van der Waals surface area (Å²) >= 11 is 0. The zero-order chi connectivity index (χ0) is 23.9. The van der Waals surface area contributed by atoms with Crippen molar-refractivity contribution in [2.45, 2.75) is 122 Å². The van der Waals surface area contributed by atoms with Crippen molar-refractivity contribution in [3.8, 4) is 0 Å². The Balaban J connectivity index is 4.27. The van der Waals surface area contributed by atoms with Crippen molar-refractivity contribution in [2.75, 3.05) is 26.4 Å². The van der Waals surface area contributed by atoms with E-state index in [2.05, 4.69) is 19.1 Å². The molecule has 0 amide bonds. The van der Waals surface area contributed by atoms with Gasteiger partial charge in [-0.2, -0.15) is 0 Å². The van der Waals surface area contributed by atoms with Crippen molar-refractivity contribution in [3.05, 3.63) is 12.2 Å². The van der Waals surface area contributed by atoms with Gasteiger partial charge in [-0.25, -0.2) is 0 Å². The molecule has 192 valence electrons. The van der Waals surface area contributed by atoms with Crippen LogP contribution >= 0.6 is 0 Å². The van der Waals surface area contributed by atoms with Crippen LogP contribution in [-0.2, 0) is 0 Å². The minimum Gasteiger partial charge on any atom is -0.396 e. The van der Waals surface area contributed by atoms with Crippen molar-refractivity contribution >= 4 is 0 Å². The van der Waals surface area contributed by atoms with E-state index in [-0.39, 0.29) is 37.2 Å². The van der Waals surface area contributed by atoms with Crippen LogP contribution in [0.3, 0.4) is 0 Å². The average molecular weight is 457 g/mol. The summed E-state index contributed by atoms with van der Waals surface area (Å²) in [6.45, 7) is 2.94. The van der Waals surface area contributed by atoms with Gasteiger partial charge in [-0.1, -0.05) is 70.4 Å². The fourth-order valence-electron chi connectivity index (χ4n) is 5.15. The molecule has 5 nitrogen and oxygen atoms in total. The topological polar surface area (TPSA) is 113 Å². The lowest BCUT2D eigenvalue weighted by Gasteiger charge is -2.42. The first kappa shape index (κ1) is 31.5. The SMILES string of the molecule is CCCCCCCC/C=C\CCCCCCC(CCO)C(CCO)(CCO)CC(N)CN. The lowest BCUT2D eigenvalue weighted by molar-refractivity contribution is 0.0354. The van der Waals surface area contributed by atoms with Crippen molar-refractivity contribution in [1.82, 2.24) is 0 Å². The first-order valence-corrected chi connectivity index (χ1v) is 13.5. The maximum absolute atomic E-state index is 9.70. The second-order valence-electron chi connectivity index (χ2n) is 9.74. The molecule has 0 fully saturated rings. The molecule has 0 rings (SSSR count). The molecule has 0 aliphatic rings. The highest BCUT2D eigenvalue weighted by Crippen LogP contribution is 2.44. The van der Waals surface area contributed by atoms with Crippen LogP contribution in [-0.4, -0.2) is 47.7 Å². The van der Waals surface area contributed by atoms with Gasteiger partial charge < -0.3 is 26.8 Å². The maximum atomic E-state index is 9.70. The van der Waals surface area contributed by atoms with Crippen molar-refractivity contribution in [3.63, 3.8) is 0 Å². The highest BCUT2D eigenvalue weighted by Gasteiger charge is 2.38. The highest BCUT2D eigenvalue weighted by molar-refractivity contribution is 4.90. The van der Waals surface area contributed by atoms with E-state index >= 15 is 0 Å². The number of aliphatic hydroxyl groups is 3. The Bertz CT molecular complexity index is 412. The Morgan fingerprint density at radius 2 is 1.25 bits per heavy atom. The number of hydrogen-bond acceptors (Lipinski definition) is 5. The van der Waals surface area contributed by atoms with E-state index in [0.29, 0.717) is 32.2 Å². The van der Waals surface area contributed by atoms with Crippen LogP contribution in [0.4, 0.5) is 0 Å². The van der Waals surface area contributed by atoms with Gasteiger partial charge >= 0.3 is 0 Å². The third-order valence-electron chi connectivity index (χ3n) is 7.10. The van der Waals surface area contributed by atoms with Gasteiger partial charge in [0, 0.05) is 32.4 Å². The van der Waals surface area contributed by atoms with Gasteiger partial charge in [-0.3, -0.25) is 0 Å². The molecular weight excluding hydrogens is 400 g/mol. The van der Waals surface area contributed by atoms with E-state index in [1.54, 1.807) is 0 Å². The van der Waals surface area contributed by atoms with E-state index in [1.165, 1.54) is 70.6 Å². The Morgan fingerprint density at radius 3 is 1.75 bits per heavy atom. The molecule has 0 aromatic rings. The van der Waals surface area contributed by atoms with E-state index in [9.17, 15) is 15.3 Å². The van der Waals surface area contributed by atoms with Crippen molar-refractivity contribution < 1.29 is 15.3 Å². The Labute approximate surface area is 199 Å². The number of rotatable bonds is 24. The summed E-state index contributed by atoms with van der Waals surface area (Å²) in [5.74, 6) is 0.252. The zero-order valence-corrected chi connectivity index (χ0v) is 21.2. The molecule has 2 atom stereocenters. The van der Waals surface area contributed by atoms with Crippen LogP contribution in [0.1, 0.15) is 116 Å². The second-order valence-corrected chi connectivity index (χ2v) is 9.74. The van der Waals surface area contributed by atoms with Crippen LogP contribution in [0.15, 0.2) is 12.2 Å². The summed E-state index contributed by atoms with van der Waals surface area (Å²) in [6, 6.07) is -0.141. The number of nitrogens with two attached hydrogens (primary N) is 2. The molecule has 5 heteroatoms. The highest BCUT2D eigenvalue weighted by atomic mass is 16.3. The smallest absolute Gasteiger partial charge is 0.0436 e. The van der Waals surface area contributed by atoms with Crippen molar-refractivity contribution in [1.29, 1.82) is 0 Å². The van der Waals surface area contributed by atoms with Crippen LogP contribution in [0.2, 0.25) is 0 Å². The molecule has 32 heavy (non-hydrogen) atoms. The number of aliphatic hydroxyl groups excluding tert-OH is 3. The first-order valence-electron chi connectivity index (χ1n) is 13.5. The fraction of sp³-hybridized carbons (Fsp3) is 0.926. The third-order valence-corrected chi connectivity index (χ3v) is 7.10. The monoisotopic (exact) mass is 456 g/mol. The Hall–Kier alpha value is -0.460. The summed E-state index contributed by atoms with van der Waals surface area (Å²) in [5, 5.41) is 29.1. The minimum atomic E-state index is -0.246. The van der Waals surface area contributed by atoms with Gasteiger partial charge in [0.2, 0.25) is 0 Å². The van der Waals surface area contributed by atoms with Gasteiger partial charge in [-0.05, 0) is 69.1 Å². The molecule has 0 spiro atoms. The molecule has 0 radical (unpaired) electrons. The first-order chi connectivity index (χ1) is 15.6. The van der Waals surface area contributed by atoms with E-state index in [1.807, 2.05) is 0 Å². The van der Waals surface area contributed by atoms with E-state index < -0.39 is 0 Å². The number of allylic oxidation sites excluding steroid dienone is 2. The fourth-order valence-corrected chi connectivity index (χ4v) is 5.15. The lowest BCUT2D eigenvalue weighted by atomic mass is 9.64. The Morgan fingerprint density at radius 1 is 0.719 bits per heavy atom. The predicted octanol–water partition coefficient (Wildman–Crippen LogP) is 5.06.